The summed E-state index contributed by atoms with van der Waals surface area (Å²) in [5, 5.41) is 15.8. The minimum Gasteiger partial charge on any atom is -0.496 e. The lowest BCUT2D eigenvalue weighted by Crippen LogP contribution is -2.56. The lowest BCUT2D eigenvalue weighted by atomic mass is 9.71. The van der Waals surface area contributed by atoms with Crippen molar-refractivity contribution in [2.45, 2.75) is 36.5 Å². The van der Waals surface area contributed by atoms with Crippen molar-refractivity contribution in [2.24, 2.45) is 0 Å². The molecule has 0 unspecified atom stereocenters. The van der Waals surface area contributed by atoms with Crippen molar-refractivity contribution >= 4 is 21.8 Å². The van der Waals surface area contributed by atoms with Gasteiger partial charge in [0.2, 0.25) is 5.91 Å². The summed E-state index contributed by atoms with van der Waals surface area (Å²) >= 11 is 3.52. The quantitative estimate of drug-likeness (QED) is 0.509. The van der Waals surface area contributed by atoms with E-state index in [2.05, 4.69) is 21.2 Å². The van der Waals surface area contributed by atoms with Crippen LogP contribution in [0.2, 0.25) is 0 Å². The Labute approximate surface area is 207 Å². The van der Waals surface area contributed by atoms with Crippen LogP contribution >= 0.6 is 15.9 Å². The maximum atomic E-state index is 12.8. The zero-order chi connectivity index (χ0) is 24.1. The highest BCUT2D eigenvalue weighted by Gasteiger charge is 2.73. The zero-order valence-electron chi connectivity index (χ0n) is 19.2. The van der Waals surface area contributed by atoms with Crippen LogP contribution in [0.5, 0.6) is 17.2 Å². The van der Waals surface area contributed by atoms with Gasteiger partial charge in [-0.15, -0.1) is 0 Å². The first-order valence-electron chi connectivity index (χ1n) is 11.1. The molecule has 1 saturated carbocycles. The molecule has 2 aliphatic rings. The molecule has 34 heavy (non-hydrogen) atoms. The molecule has 1 amide bonds. The molecule has 4 atom stereocenters. The number of methoxy groups -OCH3 is 2. The SMILES string of the molecule is COc1cc(OC)c2c(c1)O[C@@]1(c3ccc(Br)cc3)[C@H](c3ccccc3)C[C@@H](NC(C)=O)[C@@]21O. The summed E-state index contributed by atoms with van der Waals surface area (Å²) in [5.41, 5.74) is -0.507. The first-order chi connectivity index (χ1) is 16.3. The lowest BCUT2D eigenvalue weighted by molar-refractivity contribution is -0.131. The van der Waals surface area contributed by atoms with E-state index in [0.29, 0.717) is 29.2 Å². The Morgan fingerprint density at radius 3 is 2.41 bits per heavy atom. The maximum absolute atomic E-state index is 12.8. The van der Waals surface area contributed by atoms with E-state index in [9.17, 15) is 9.90 Å². The molecule has 1 heterocycles. The molecule has 176 valence electrons. The Morgan fingerprint density at radius 1 is 1.09 bits per heavy atom. The van der Waals surface area contributed by atoms with Gasteiger partial charge in [-0.2, -0.15) is 0 Å². The van der Waals surface area contributed by atoms with Gasteiger partial charge in [-0.25, -0.2) is 0 Å². The Bertz CT molecular complexity index is 1230. The number of fused-ring (bicyclic) bond motifs is 3. The fraction of sp³-hybridized carbons (Fsp3) is 0.296. The van der Waals surface area contributed by atoms with Gasteiger partial charge in [-0.05, 0) is 29.7 Å². The highest BCUT2D eigenvalue weighted by atomic mass is 79.9. The van der Waals surface area contributed by atoms with Crippen molar-refractivity contribution in [3.63, 3.8) is 0 Å². The van der Waals surface area contributed by atoms with Crippen LogP contribution in [0.25, 0.3) is 0 Å². The predicted octanol–water partition coefficient (Wildman–Crippen LogP) is 4.63. The van der Waals surface area contributed by atoms with E-state index in [-0.39, 0.29) is 11.8 Å². The number of rotatable bonds is 5. The van der Waals surface area contributed by atoms with Gasteiger partial charge in [0, 0.05) is 29.4 Å². The molecule has 6 nitrogen and oxygen atoms in total. The topological polar surface area (TPSA) is 77.0 Å². The van der Waals surface area contributed by atoms with Gasteiger partial charge < -0.3 is 24.6 Å². The number of carbonyl (C=O) groups is 1. The van der Waals surface area contributed by atoms with Gasteiger partial charge in [0.1, 0.15) is 17.2 Å². The second-order valence-electron chi connectivity index (χ2n) is 8.77. The Kier molecular flexibility index (Phi) is 5.57. The number of ether oxygens (including phenoxy) is 3. The number of hydrogen-bond acceptors (Lipinski definition) is 5. The zero-order valence-corrected chi connectivity index (χ0v) is 20.8. The Balaban J connectivity index is 1.84. The largest absolute Gasteiger partial charge is 0.496 e. The Hall–Kier alpha value is -3.03. The molecule has 0 radical (unpaired) electrons. The van der Waals surface area contributed by atoms with Gasteiger partial charge in [0.05, 0.1) is 25.8 Å². The van der Waals surface area contributed by atoms with Crippen molar-refractivity contribution in [3.05, 3.63) is 87.9 Å². The van der Waals surface area contributed by atoms with E-state index in [1.165, 1.54) is 6.92 Å². The average molecular weight is 524 g/mol. The van der Waals surface area contributed by atoms with Crippen LogP contribution in [0, 0.1) is 0 Å². The molecule has 1 fully saturated rings. The van der Waals surface area contributed by atoms with Crippen LogP contribution < -0.4 is 19.5 Å². The van der Waals surface area contributed by atoms with Crippen LogP contribution in [0.1, 0.15) is 36.0 Å². The van der Waals surface area contributed by atoms with E-state index in [4.69, 9.17) is 14.2 Å². The third kappa shape index (κ3) is 3.14. The first-order valence-corrected chi connectivity index (χ1v) is 11.9. The summed E-state index contributed by atoms with van der Waals surface area (Å²) in [4.78, 5) is 12.3. The van der Waals surface area contributed by atoms with E-state index >= 15 is 0 Å². The van der Waals surface area contributed by atoms with Crippen LogP contribution in [0.3, 0.4) is 0 Å². The molecular formula is C27H26BrNO5. The van der Waals surface area contributed by atoms with Crippen molar-refractivity contribution in [1.82, 2.24) is 5.32 Å². The van der Waals surface area contributed by atoms with Crippen LogP contribution in [-0.4, -0.2) is 31.3 Å². The summed E-state index contributed by atoms with van der Waals surface area (Å²) in [7, 11) is 3.12. The number of hydrogen-bond donors (Lipinski definition) is 2. The first kappa shape index (κ1) is 22.7. The standard InChI is InChI=1S/C27H26BrNO5/c1-16(30)29-24-15-21(17-7-5-4-6-8-17)27(18-9-11-19(28)12-10-18)26(24,31)25-22(33-3)13-20(32-2)14-23(25)34-27/h4-14,21,24,31H,15H2,1-3H3,(H,29,30)/t21-,24+,26+,27-/m0/s1. The number of halogens is 1. The second-order valence-corrected chi connectivity index (χ2v) is 9.68. The predicted molar refractivity (Wildman–Crippen MR) is 131 cm³/mol. The van der Waals surface area contributed by atoms with Crippen LogP contribution in [0.15, 0.2) is 71.2 Å². The van der Waals surface area contributed by atoms with Crippen molar-refractivity contribution in [3.8, 4) is 17.2 Å². The molecule has 1 aliphatic carbocycles. The third-order valence-electron chi connectivity index (χ3n) is 7.03. The smallest absolute Gasteiger partial charge is 0.217 e. The normalized spacial score (nSPS) is 26.9. The maximum Gasteiger partial charge on any atom is 0.217 e. The molecule has 3 aromatic rings. The Morgan fingerprint density at radius 2 is 1.79 bits per heavy atom. The number of nitrogens with one attached hydrogen (secondary N) is 1. The molecule has 1 aliphatic heterocycles. The molecule has 0 saturated heterocycles. The fourth-order valence-electron chi connectivity index (χ4n) is 5.72. The van der Waals surface area contributed by atoms with Crippen molar-refractivity contribution < 1.29 is 24.1 Å². The third-order valence-corrected chi connectivity index (χ3v) is 7.56. The molecule has 7 heteroatoms. The van der Waals surface area contributed by atoms with Crippen molar-refractivity contribution in [1.29, 1.82) is 0 Å². The summed E-state index contributed by atoms with van der Waals surface area (Å²) in [6.07, 6.45) is 0.477. The molecule has 0 spiro atoms. The molecule has 2 N–H and O–H groups in total. The fourth-order valence-corrected chi connectivity index (χ4v) is 5.99. The number of amides is 1. The average Bonchev–Trinajstić information content (AvgIpc) is 3.24. The molecule has 3 aromatic carbocycles. The highest BCUT2D eigenvalue weighted by Crippen LogP contribution is 2.68. The summed E-state index contributed by atoms with van der Waals surface area (Å²) in [6, 6.07) is 20.6. The van der Waals surface area contributed by atoms with Gasteiger partial charge in [0.25, 0.3) is 0 Å². The van der Waals surface area contributed by atoms with E-state index in [0.717, 1.165) is 15.6 Å². The van der Waals surface area contributed by atoms with Gasteiger partial charge in [-0.3, -0.25) is 4.79 Å². The second kappa shape index (κ2) is 8.32. The minimum absolute atomic E-state index is 0.224. The molecular weight excluding hydrogens is 498 g/mol. The summed E-state index contributed by atoms with van der Waals surface area (Å²) < 4.78 is 19.0. The molecule has 0 aromatic heterocycles. The summed E-state index contributed by atoms with van der Waals surface area (Å²) in [5.74, 6) is 0.979. The van der Waals surface area contributed by atoms with E-state index in [1.807, 2.05) is 54.6 Å². The molecule has 5 rings (SSSR count). The van der Waals surface area contributed by atoms with Crippen molar-refractivity contribution in [2.75, 3.05) is 14.2 Å². The van der Waals surface area contributed by atoms with E-state index in [1.54, 1.807) is 26.4 Å². The highest BCUT2D eigenvalue weighted by molar-refractivity contribution is 9.10. The van der Waals surface area contributed by atoms with Gasteiger partial charge >= 0.3 is 0 Å². The number of benzene rings is 3. The molecule has 0 bridgehead atoms. The number of carbonyl (C=O) groups excluding carboxylic acids is 1. The van der Waals surface area contributed by atoms with Crippen LogP contribution in [-0.2, 0) is 16.0 Å². The monoisotopic (exact) mass is 523 g/mol. The number of aliphatic hydroxyl groups is 1. The van der Waals surface area contributed by atoms with E-state index < -0.39 is 17.2 Å². The minimum atomic E-state index is -1.61. The lowest BCUT2D eigenvalue weighted by Gasteiger charge is -2.41. The summed E-state index contributed by atoms with van der Waals surface area (Å²) in [6.45, 7) is 1.46. The van der Waals surface area contributed by atoms with Crippen LogP contribution in [0.4, 0.5) is 0 Å². The van der Waals surface area contributed by atoms with Gasteiger partial charge in [-0.1, -0.05) is 58.4 Å². The van der Waals surface area contributed by atoms with Gasteiger partial charge in [0.15, 0.2) is 11.2 Å².